The van der Waals surface area contributed by atoms with E-state index < -0.39 is 12.3 Å². The van der Waals surface area contributed by atoms with E-state index in [0.717, 1.165) is 18.6 Å². The van der Waals surface area contributed by atoms with Crippen molar-refractivity contribution in [3.05, 3.63) is 59.7 Å². The van der Waals surface area contributed by atoms with Crippen LogP contribution in [-0.2, 0) is 0 Å². The van der Waals surface area contributed by atoms with Gasteiger partial charge in [0.1, 0.15) is 5.75 Å². The van der Waals surface area contributed by atoms with Gasteiger partial charge in [0, 0.05) is 11.3 Å². The first-order valence-corrected chi connectivity index (χ1v) is 7.55. The van der Waals surface area contributed by atoms with Crippen LogP contribution in [0.5, 0.6) is 5.75 Å². The second-order valence-electron chi connectivity index (χ2n) is 5.46. The number of rotatable bonds is 5. The van der Waals surface area contributed by atoms with Crippen LogP contribution in [0.25, 0.3) is 0 Å². The molecule has 6 heteroatoms. The van der Waals surface area contributed by atoms with E-state index in [4.69, 9.17) is 0 Å². The molecule has 2 aromatic rings. The fraction of sp³-hybridized carbons (Fsp3) is 0.278. The Morgan fingerprint density at radius 1 is 1.08 bits per heavy atom. The van der Waals surface area contributed by atoms with Crippen molar-refractivity contribution in [2.75, 3.05) is 5.32 Å². The first-order valence-electron chi connectivity index (χ1n) is 7.55. The highest BCUT2D eigenvalue weighted by molar-refractivity contribution is 6.04. The molecule has 3 nitrogen and oxygen atoms in total. The highest BCUT2D eigenvalue weighted by Gasteiger charge is 2.31. The van der Waals surface area contributed by atoms with Crippen molar-refractivity contribution >= 4 is 11.6 Å². The zero-order valence-corrected chi connectivity index (χ0v) is 13.4. The molecule has 1 atom stereocenters. The van der Waals surface area contributed by atoms with Gasteiger partial charge in [-0.1, -0.05) is 26.0 Å². The zero-order chi connectivity index (χ0) is 17.7. The maximum Gasteiger partial charge on any atom is 0.573 e. The van der Waals surface area contributed by atoms with Crippen molar-refractivity contribution in [1.82, 2.24) is 0 Å². The molecule has 0 aliphatic heterocycles. The van der Waals surface area contributed by atoms with Crippen molar-refractivity contribution in [2.24, 2.45) is 0 Å². The molecule has 24 heavy (non-hydrogen) atoms. The average Bonchev–Trinajstić information content (AvgIpc) is 2.54. The van der Waals surface area contributed by atoms with Crippen molar-refractivity contribution in [2.45, 2.75) is 32.5 Å². The minimum atomic E-state index is -4.75. The molecule has 0 bridgehead atoms. The van der Waals surface area contributed by atoms with Gasteiger partial charge in [-0.3, -0.25) is 4.79 Å². The van der Waals surface area contributed by atoms with Gasteiger partial charge in [-0.2, -0.15) is 0 Å². The van der Waals surface area contributed by atoms with Gasteiger partial charge >= 0.3 is 6.36 Å². The Labute approximate surface area is 138 Å². The molecule has 0 heterocycles. The normalized spacial score (nSPS) is 12.5. The Morgan fingerprint density at radius 3 is 2.17 bits per heavy atom. The molecule has 2 rings (SSSR count). The maximum absolute atomic E-state index is 12.1. The summed E-state index contributed by atoms with van der Waals surface area (Å²) in [6, 6.07) is 12.3. The SMILES string of the molecule is CCC(C)c1ccc(NC(=O)c2ccc(OC(F)(F)F)cc2)cc1. The minimum absolute atomic E-state index is 0.246. The Morgan fingerprint density at radius 2 is 1.67 bits per heavy atom. The summed E-state index contributed by atoms with van der Waals surface area (Å²) >= 11 is 0. The van der Waals surface area contributed by atoms with Gasteiger partial charge in [-0.15, -0.1) is 13.2 Å². The van der Waals surface area contributed by atoms with Crippen LogP contribution < -0.4 is 10.1 Å². The van der Waals surface area contributed by atoms with Crippen molar-refractivity contribution in [3.8, 4) is 5.75 Å². The van der Waals surface area contributed by atoms with Crippen molar-refractivity contribution < 1.29 is 22.7 Å². The summed E-state index contributed by atoms with van der Waals surface area (Å²) < 4.78 is 40.1. The van der Waals surface area contributed by atoms with Crippen LogP contribution in [-0.4, -0.2) is 12.3 Å². The van der Waals surface area contributed by atoms with Crippen molar-refractivity contribution in [3.63, 3.8) is 0 Å². The monoisotopic (exact) mass is 337 g/mol. The third-order valence-electron chi connectivity index (χ3n) is 3.70. The maximum atomic E-state index is 12.1. The van der Waals surface area contributed by atoms with E-state index in [2.05, 4.69) is 23.9 Å². The smallest absolute Gasteiger partial charge is 0.406 e. The fourth-order valence-electron chi connectivity index (χ4n) is 2.14. The highest BCUT2D eigenvalue weighted by atomic mass is 19.4. The Kier molecular flexibility index (Phi) is 5.49. The van der Waals surface area contributed by atoms with Gasteiger partial charge in [-0.25, -0.2) is 0 Å². The summed E-state index contributed by atoms with van der Waals surface area (Å²) in [6.07, 6.45) is -3.72. The lowest BCUT2D eigenvalue weighted by Crippen LogP contribution is -2.17. The first-order chi connectivity index (χ1) is 11.3. The number of hydrogen-bond acceptors (Lipinski definition) is 2. The van der Waals surface area contributed by atoms with Gasteiger partial charge < -0.3 is 10.1 Å². The molecule has 0 saturated carbocycles. The second-order valence-corrected chi connectivity index (χ2v) is 5.46. The minimum Gasteiger partial charge on any atom is -0.406 e. The lowest BCUT2D eigenvalue weighted by atomic mass is 9.98. The van der Waals surface area contributed by atoms with E-state index in [-0.39, 0.29) is 11.3 Å². The number of hydrogen-bond donors (Lipinski definition) is 1. The van der Waals surface area contributed by atoms with Crippen LogP contribution in [0.3, 0.4) is 0 Å². The number of alkyl halides is 3. The van der Waals surface area contributed by atoms with E-state index in [0.29, 0.717) is 11.6 Å². The highest BCUT2D eigenvalue weighted by Crippen LogP contribution is 2.23. The zero-order valence-electron chi connectivity index (χ0n) is 13.4. The quantitative estimate of drug-likeness (QED) is 0.798. The lowest BCUT2D eigenvalue weighted by Gasteiger charge is -2.11. The molecule has 1 unspecified atom stereocenters. The number of halogens is 3. The van der Waals surface area contributed by atoms with E-state index in [1.54, 1.807) is 12.1 Å². The fourth-order valence-corrected chi connectivity index (χ4v) is 2.14. The number of benzene rings is 2. The van der Waals surface area contributed by atoms with E-state index in [1.807, 2.05) is 12.1 Å². The molecule has 128 valence electrons. The van der Waals surface area contributed by atoms with Crippen LogP contribution in [0.4, 0.5) is 18.9 Å². The predicted octanol–water partition coefficient (Wildman–Crippen LogP) is 5.35. The van der Waals surface area contributed by atoms with Gasteiger partial charge in [0.2, 0.25) is 0 Å². The van der Waals surface area contributed by atoms with Gasteiger partial charge in [0.25, 0.3) is 5.91 Å². The first kappa shape index (κ1) is 17.8. The number of carbonyl (C=O) groups excluding carboxylic acids is 1. The summed E-state index contributed by atoms with van der Waals surface area (Å²) in [4.78, 5) is 12.1. The van der Waals surface area contributed by atoms with Crippen LogP contribution in [0.1, 0.15) is 42.1 Å². The number of carbonyl (C=O) groups is 1. The summed E-state index contributed by atoms with van der Waals surface area (Å²) in [5.41, 5.74) is 2.06. The summed E-state index contributed by atoms with van der Waals surface area (Å²) in [5, 5.41) is 2.71. The Balaban J connectivity index is 2.01. The number of anilines is 1. The summed E-state index contributed by atoms with van der Waals surface area (Å²) in [6.45, 7) is 4.23. The molecule has 0 radical (unpaired) electrons. The molecule has 0 saturated heterocycles. The van der Waals surface area contributed by atoms with Crippen LogP contribution in [0.2, 0.25) is 0 Å². The molecule has 1 amide bonds. The Bertz CT molecular complexity index is 679. The third kappa shape index (κ3) is 5.01. The predicted molar refractivity (Wildman–Crippen MR) is 86.2 cm³/mol. The summed E-state index contributed by atoms with van der Waals surface area (Å²) in [7, 11) is 0. The topological polar surface area (TPSA) is 38.3 Å². The largest absolute Gasteiger partial charge is 0.573 e. The molecule has 0 aliphatic carbocycles. The number of ether oxygens (including phenoxy) is 1. The molecule has 0 aromatic heterocycles. The van der Waals surface area contributed by atoms with Crippen LogP contribution in [0.15, 0.2) is 48.5 Å². The van der Waals surface area contributed by atoms with Gasteiger partial charge in [0.05, 0.1) is 0 Å². The lowest BCUT2D eigenvalue weighted by molar-refractivity contribution is -0.274. The van der Waals surface area contributed by atoms with Crippen LogP contribution in [0, 0.1) is 0 Å². The van der Waals surface area contributed by atoms with E-state index in [9.17, 15) is 18.0 Å². The molecule has 2 aromatic carbocycles. The van der Waals surface area contributed by atoms with Gasteiger partial charge in [-0.05, 0) is 54.3 Å². The molecular weight excluding hydrogens is 319 g/mol. The molecular formula is C18H18F3NO2. The van der Waals surface area contributed by atoms with E-state index in [1.165, 1.54) is 17.7 Å². The average molecular weight is 337 g/mol. The molecule has 0 aliphatic rings. The Hall–Kier alpha value is -2.50. The number of nitrogens with one attached hydrogen (secondary N) is 1. The second kappa shape index (κ2) is 7.38. The van der Waals surface area contributed by atoms with Gasteiger partial charge in [0.15, 0.2) is 0 Å². The third-order valence-corrected chi connectivity index (χ3v) is 3.70. The van der Waals surface area contributed by atoms with E-state index >= 15 is 0 Å². The summed E-state index contributed by atoms with van der Waals surface area (Å²) in [5.74, 6) is -0.322. The molecule has 0 spiro atoms. The van der Waals surface area contributed by atoms with Crippen LogP contribution >= 0.6 is 0 Å². The van der Waals surface area contributed by atoms with Crippen molar-refractivity contribution in [1.29, 1.82) is 0 Å². The molecule has 1 N–H and O–H groups in total. The standard InChI is InChI=1S/C18H18F3NO2/c1-3-12(2)13-4-8-15(9-5-13)22-17(23)14-6-10-16(11-7-14)24-18(19,20)21/h4-12H,3H2,1-2H3,(H,22,23). The molecule has 0 fully saturated rings. The number of amides is 1.